The van der Waals surface area contributed by atoms with Crippen LogP contribution in [-0.4, -0.2) is 50.3 Å². The smallest absolute Gasteiger partial charge is 0.351 e. The summed E-state index contributed by atoms with van der Waals surface area (Å²) < 4.78 is 11.6. The second-order valence-electron chi connectivity index (χ2n) is 7.55. The average molecular weight is 438 g/mol. The van der Waals surface area contributed by atoms with E-state index < -0.39 is 42.4 Å². The van der Waals surface area contributed by atoms with Gasteiger partial charge in [0.25, 0.3) is 0 Å². The van der Waals surface area contributed by atoms with E-state index in [1.807, 2.05) is 0 Å². The molecule has 1 saturated heterocycles. The fourth-order valence-corrected chi connectivity index (χ4v) is 3.40. The van der Waals surface area contributed by atoms with Crippen LogP contribution in [-0.2, 0) is 14.3 Å². The van der Waals surface area contributed by atoms with Gasteiger partial charge in [0.1, 0.15) is 24.6 Å². The van der Waals surface area contributed by atoms with Crippen LogP contribution in [0.25, 0.3) is 10.4 Å². The highest BCUT2D eigenvalue weighted by molar-refractivity contribution is 5.69. The Morgan fingerprint density at radius 2 is 2.03 bits per heavy atom. The van der Waals surface area contributed by atoms with Crippen LogP contribution in [0.3, 0.4) is 0 Å². The SMILES string of the molecule is CCCCCCCCCC(=O)OC[C@@]1(N=[N+]=[N-])O[C@H](n2ccc(N)nc2=O)[C@H](O)[C@@H]1O. The van der Waals surface area contributed by atoms with Crippen LogP contribution in [0.1, 0.15) is 64.5 Å². The van der Waals surface area contributed by atoms with Crippen LogP contribution in [0.4, 0.5) is 5.82 Å². The first-order valence-corrected chi connectivity index (χ1v) is 10.4. The number of unbranched alkanes of at least 4 members (excludes halogenated alkanes) is 6. The summed E-state index contributed by atoms with van der Waals surface area (Å²) in [7, 11) is 0. The van der Waals surface area contributed by atoms with Gasteiger partial charge in [0.05, 0.1) is 0 Å². The van der Waals surface area contributed by atoms with Crippen molar-refractivity contribution in [1.29, 1.82) is 0 Å². The monoisotopic (exact) mass is 438 g/mol. The molecule has 0 amide bonds. The molecule has 1 aliphatic heterocycles. The number of hydrogen-bond acceptors (Lipinski definition) is 9. The van der Waals surface area contributed by atoms with Crippen LogP contribution < -0.4 is 11.4 Å². The van der Waals surface area contributed by atoms with E-state index in [0.29, 0.717) is 6.42 Å². The Bertz CT molecular complexity index is 841. The maximum absolute atomic E-state index is 12.1. The van der Waals surface area contributed by atoms with Crippen molar-refractivity contribution >= 4 is 11.8 Å². The van der Waals surface area contributed by atoms with Gasteiger partial charge in [-0.25, -0.2) is 4.79 Å². The molecule has 0 bridgehead atoms. The molecule has 4 N–H and O–H groups in total. The molecule has 0 aromatic carbocycles. The third-order valence-corrected chi connectivity index (χ3v) is 5.17. The third-order valence-electron chi connectivity index (χ3n) is 5.17. The minimum absolute atomic E-state index is 0.0325. The molecule has 12 heteroatoms. The number of esters is 1. The molecule has 2 rings (SSSR count). The largest absolute Gasteiger partial charge is 0.462 e. The molecule has 0 aliphatic carbocycles. The Morgan fingerprint density at radius 1 is 1.35 bits per heavy atom. The highest BCUT2D eigenvalue weighted by atomic mass is 16.6. The molecule has 12 nitrogen and oxygen atoms in total. The van der Waals surface area contributed by atoms with E-state index >= 15 is 0 Å². The maximum Gasteiger partial charge on any atom is 0.351 e. The maximum atomic E-state index is 12.1. The Morgan fingerprint density at radius 3 is 2.68 bits per heavy atom. The Hall–Kier alpha value is -2.66. The molecule has 4 atom stereocenters. The van der Waals surface area contributed by atoms with E-state index in [4.69, 9.17) is 20.7 Å². The van der Waals surface area contributed by atoms with E-state index in [1.165, 1.54) is 31.5 Å². The number of carbonyl (C=O) groups is 1. The van der Waals surface area contributed by atoms with Gasteiger partial charge in [0.15, 0.2) is 6.23 Å². The first-order valence-electron chi connectivity index (χ1n) is 10.4. The van der Waals surface area contributed by atoms with E-state index in [0.717, 1.165) is 23.8 Å². The fourth-order valence-electron chi connectivity index (χ4n) is 3.40. The number of hydrogen-bond donors (Lipinski definition) is 3. The van der Waals surface area contributed by atoms with Crippen LogP contribution in [0.2, 0.25) is 0 Å². The summed E-state index contributed by atoms with van der Waals surface area (Å²) in [6.45, 7) is 1.54. The van der Waals surface area contributed by atoms with Crippen molar-refractivity contribution in [2.45, 2.75) is 82.5 Å². The molecule has 1 aromatic heterocycles. The zero-order valence-corrected chi connectivity index (χ0v) is 17.6. The van der Waals surface area contributed by atoms with Crippen LogP contribution in [0.5, 0.6) is 0 Å². The van der Waals surface area contributed by atoms with Gasteiger partial charge in [-0.1, -0.05) is 50.6 Å². The normalized spacial score (nSPS) is 25.2. The number of aromatic nitrogens is 2. The van der Waals surface area contributed by atoms with E-state index in [2.05, 4.69) is 21.9 Å². The standard InChI is InChI=1S/C19H30N6O6/c1-2-3-4-5-6-7-8-9-14(26)30-12-19(23-24-21)16(28)15(27)17(31-19)25-11-10-13(20)22-18(25)29/h10-11,15-17,27-28H,2-9,12H2,1H3,(H2,20,22,29)/t15-,16+,17+,19-/m1/s1. The number of nitrogen functional groups attached to an aromatic ring is 1. The summed E-state index contributed by atoms with van der Waals surface area (Å²) in [6, 6.07) is 1.31. The number of aliphatic hydroxyl groups excluding tert-OH is 2. The van der Waals surface area contributed by atoms with Crippen molar-refractivity contribution in [3.63, 3.8) is 0 Å². The molecular formula is C19H30N6O6. The fraction of sp³-hybridized carbons (Fsp3) is 0.737. The van der Waals surface area contributed by atoms with Gasteiger partial charge in [0.2, 0.25) is 5.72 Å². The summed E-state index contributed by atoms with van der Waals surface area (Å²) in [5, 5.41) is 24.3. The van der Waals surface area contributed by atoms with Crippen LogP contribution in [0, 0.1) is 0 Å². The number of rotatable bonds is 12. The molecule has 1 aliphatic rings. The number of ether oxygens (including phenoxy) is 2. The number of anilines is 1. The number of aliphatic hydroxyl groups is 2. The minimum Gasteiger partial charge on any atom is -0.462 e. The van der Waals surface area contributed by atoms with Crippen molar-refractivity contribution in [2.24, 2.45) is 5.11 Å². The molecule has 31 heavy (non-hydrogen) atoms. The number of carbonyl (C=O) groups excluding carboxylic acids is 1. The molecule has 1 fully saturated rings. The van der Waals surface area contributed by atoms with Crippen molar-refractivity contribution in [3.8, 4) is 0 Å². The lowest BCUT2D eigenvalue weighted by Gasteiger charge is -2.26. The molecule has 0 unspecified atom stereocenters. The Labute approximate surface area is 179 Å². The van der Waals surface area contributed by atoms with Crippen molar-refractivity contribution < 1.29 is 24.5 Å². The molecule has 2 heterocycles. The molecule has 172 valence electrons. The molecule has 0 saturated carbocycles. The Balaban J connectivity index is 1.96. The van der Waals surface area contributed by atoms with Gasteiger partial charge >= 0.3 is 11.7 Å². The van der Waals surface area contributed by atoms with Gasteiger partial charge in [-0.15, -0.1) is 0 Å². The highest BCUT2D eigenvalue weighted by Crippen LogP contribution is 2.38. The van der Waals surface area contributed by atoms with Crippen molar-refractivity contribution in [3.05, 3.63) is 33.2 Å². The van der Waals surface area contributed by atoms with Gasteiger partial charge in [-0.05, 0) is 18.0 Å². The van der Waals surface area contributed by atoms with Gasteiger partial charge in [-0.3, -0.25) is 9.36 Å². The predicted octanol–water partition coefficient (Wildman–Crippen LogP) is 1.77. The summed E-state index contributed by atoms with van der Waals surface area (Å²) >= 11 is 0. The molecular weight excluding hydrogens is 408 g/mol. The quantitative estimate of drug-likeness (QED) is 0.145. The second kappa shape index (κ2) is 11.7. The number of nitrogens with two attached hydrogens (primary N) is 1. The number of azide groups is 1. The first kappa shape index (κ1) is 24.6. The number of nitrogens with zero attached hydrogens (tertiary/aromatic N) is 5. The lowest BCUT2D eigenvalue weighted by molar-refractivity contribution is -0.165. The zero-order valence-electron chi connectivity index (χ0n) is 17.6. The summed E-state index contributed by atoms with van der Waals surface area (Å²) in [4.78, 5) is 30.3. The molecule has 1 aromatic rings. The summed E-state index contributed by atoms with van der Waals surface area (Å²) in [5.74, 6) is -0.573. The van der Waals surface area contributed by atoms with Gasteiger partial charge in [-0.2, -0.15) is 4.98 Å². The second-order valence-corrected chi connectivity index (χ2v) is 7.55. The zero-order chi connectivity index (χ0) is 22.9. The predicted molar refractivity (Wildman–Crippen MR) is 110 cm³/mol. The third kappa shape index (κ3) is 6.41. The van der Waals surface area contributed by atoms with E-state index in [1.54, 1.807) is 0 Å². The first-order chi connectivity index (χ1) is 14.8. The minimum atomic E-state index is -2.09. The molecule has 0 radical (unpaired) electrons. The lowest BCUT2D eigenvalue weighted by Crippen LogP contribution is -2.45. The van der Waals surface area contributed by atoms with Crippen molar-refractivity contribution in [1.82, 2.24) is 9.55 Å². The van der Waals surface area contributed by atoms with Crippen LogP contribution >= 0.6 is 0 Å². The van der Waals surface area contributed by atoms with E-state index in [-0.39, 0.29) is 12.2 Å². The average Bonchev–Trinajstić information content (AvgIpc) is 2.97. The topological polar surface area (TPSA) is 186 Å². The highest BCUT2D eigenvalue weighted by Gasteiger charge is 2.56. The molecule has 0 spiro atoms. The summed E-state index contributed by atoms with van der Waals surface area (Å²) in [5.41, 5.74) is 11.5. The van der Waals surface area contributed by atoms with E-state index in [9.17, 15) is 19.8 Å². The lowest BCUT2D eigenvalue weighted by atomic mass is 10.1. The Kier molecular flexibility index (Phi) is 9.25. The summed E-state index contributed by atoms with van der Waals surface area (Å²) in [6.07, 6.45) is 3.87. The van der Waals surface area contributed by atoms with Gasteiger partial charge < -0.3 is 25.4 Å². The van der Waals surface area contributed by atoms with Gasteiger partial charge in [0, 0.05) is 17.5 Å². The van der Waals surface area contributed by atoms with Crippen LogP contribution in [0.15, 0.2) is 22.2 Å². The van der Waals surface area contributed by atoms with Crippen molar-refractivity contribution in [2.75, 3.05) is 12.3 Å².